The highest BCUT2D eigenvalue weighted by atomic mass is 19.4. The zero-order chi connectivity index (χ0) is 29.6. The maximum absolute atomic E-state index is 12.7. The molecule has 1 aliphatic heterocycles. The van der Waals surface area contributed by atoms with E-state index in [2.05, 4.69) is 10.9 Å². The van der Waals surface area contributed by atoms with Crippen molar-refractivity contribution in [3.8, 4) is 5.75 Å². The lowest BCUT2D eigenvalue weighted by Gasteiger charge is -2.34. The van der Waals surface area contributed by atoms with Crippen molar-refractivity contribution < 1.29 is 32.4 Å². The smallest absolute Gasteiger partial charge is 0.416 e. The van der Waals surface area contributed by atoms with Gasteiger partial charge in [-0.1, -0.05) is 24.3 Å². The molecule has 3 aromatic rings. The number of anilines is 1. The first kappa shape index (κ1) is 29.1. The zero-order valence-electron chi connectivity index (χ0n) is 22.0. The van der Waals surface area contributed by atoms with Crippen molar-refractivity contribution in [2.45, 2.75) is 24.9 Å². The number of ether oxygens (including phenoxy) is 1. The van der Waals surface area contributed by atoms with Crippen molar-refractivity contribution in [2.24, 2.45) is 0 Å². The maximum atomic E-state index is 12.7. The van der Waals surface area contributed by atoms with E-state index in [0.29, 0.717) is 24.3 Å². The van der Waals surface area contributed by atoms with Crippen molar-refractivity contribution in [2.75, 3.05) is 25.1 Å². The molecule has 1 aliphatic rings. The highest BCUT2D eigenvalue weighted by Crippen LogP contribution is 2.38. The summed E-state index contributed by atoms with van der Waals surface area (Å²) in [6.07, 6.45) is -0.501. The third-order valence-corrected chi connectivity index (χ3v) is 6.81. The molecule has 9 nitrogen and oxygen atoms in total. The predicted octanol–water partition coefficient (Wildman–Crippen LogP) is 5.48. The van der Waals surface area contributed by atoms with E-state index in [1.165, 1.54) is 12.1 Å². The van der Waals surface area contributed by atoms with E-state index in [1.807, 2.05) is 29.2 Å². The second-order valence-electron chi connectivity index (χ2n) is 9.36. The molecule has 0 atom stereocenters. The molecule has 0 saturated carbocycles. The monoisotopic (exact) mass is 568 g/mol. The fourth-order valence-corrected chi connectivity index (χ4v) is 4.71. The van der Waals surface area contributed by atoms with Crippen molar-refractivity contribution in [1.29, 1.82) is 0 Å². The number of rotatable bonds is 7. The molecule has 1 saturated heterocycles. The van der Waals surface area contributed by atoms with Crippen LogP contribution in [0.1, 0.15) is 45.8 Å². The Balaban J connectivity index is 1.36. The molecule has 12 heteroatoms. The van der Waals surface area contributed by atoms with Gasteiger partial charge in [-0.15, -0.1) is 0 Å². The topological polar surface area (TPSA) is 114 Å². The summed E-state index contributed by atoms with van der Waals surface area (Å²) < 4.78 is 43.5. The van der Waals surface area contributed by atoms with Crippen LogP contribution in [0.2, 0.25) is 0 Å². The highest BCUT2D eigenvalue weighted by Gasteiger charge is 2.30. The summed E-state index contributed by atoms with van der Waals surface area (Å²) in [7, 11) is 1.64. The van der Waals surface area contributed by atoms with Gasteiger partial charge in [0.25, 0.3) is 17.5 Å². The van der Waals surface area contributed by atoms with E-state index in [0.717, 1.165) is 54.5 Å². The molecular formula is C29H27F3N4O5. The minimum absolute atomic E-state index is 0.0829. The number of carbonyl (C=O) groups is 2. The second-order valence-corrected chi connectivity index (χ2v) is 9.36. The highest BCUT2D eigenvalue weighted by molar-refractivity contribution is 5.98. The molecule has 214 valence electrons. The Hall–Kier alpha value is -4.87. The number of carbonyl (C=O) groups excluding carboxylic acids is 2. The molecule has 1 heterocycles. The number of benzene rings is 3. The fraction of sp³-hybridized carbons (Fsp3) is 0.241. The Kier molecular flexibility index (Phi) is 8.91. The van der Waals surface area contributed by atoms with E-state index in [1.54, 1.807) is 19.2 Å². The summed E-state index contributed by atoms with van der Waals surface area (Å²) in [5.41, 5.74) is 5.15. The molecular weight excluding hydrogens is 541 g/mol. The minimum atomic E-state index is -4.53. The lowest BCUT2D eigenvalue weighted by molar-refractivity contribution is -0.384. The summed E-state index contributed by atoms with van der Waals surface area (Å²) in [5.74, 6) is -0.441. The van der Waals surface area contributed by atoms with E-state index < -0.39 is 28.5 Å². The number of nitro groups is 1. The number of nitro benzene ring substituents is 1. The molecule has 1 fully saturated rings. The third-order valence-electron chi connectivity index (χ3n) is 6.81. The minimum Gasteiger partial charge on any atom is -0.496 e. The number of para-hydroxylation sites is 1. The van der Waals surface area contributed by atoms with Gasteiger partial charge in [0.1, 0.15) is 11.4 Å². The van der Waals surface area contributed by atoms with Gasteiger partial charge in [0.15, 0.2) is 0 Å². The van der Waals surface area contributed by atoms with E-state index >= 15 is 0 Å². The Labute approximate surface area is 233 Å². The zero-order valence-corrected chi connectivity index (χ0v) is 22.0. The van der Waals surface area contributed by atoms with E-state index in [-0.39, 0.29) is 17.2 Å². The van der Waals surface area contributed by atoms with Crippen LogP contribution in [-0.2, 0) is 11.0 Å². The average Bonchev–Trinajstić information content (AvgIpc) is 2.98. The van der Waals surface area contributed by atoms with Crippen LogP contribution in [0, 0.1) is 10.1 Å². The molecule has 0 spiro atoms. The number of nitrogens with zero attached hydrogens (tertiary/aromatic N) is 2. The number of amides is 2. The number of methoxy groups -OCH3 is 1. The summed E-state index contributed by atoms with van der Waals surface area (Å²) in [4.78, 5) is 37.6. The van der Waals surface area contributed by atoms with Gasteiger partial charge in [-0.2, -0.15) is 13.2 Å². The molecule has 0 bridgehead atoms. The second kappa shape index (κ2) is 12.5. The number of nitrogens with one attached hydrogen (secondary N) is 2. The Bertz CT molecular complexity index is 1450. The first-order chi connectivity index (χ1) is 19.6. The van der Waals surface area contributed by atoms with Gasteiger partial charge < -0.3 is 9.64 Å². The quantitative estimate of drug-likeness (QED) is 0.222. The van der Waals surface area contributed by atoms with Crippen molar-refractivity contribution in [1.82, 2.24) is 10.9 Å². The predicted molar refractivity (Wildman–Crippen MR) is 146 cm³/mol. The number of hydrazine groups is 1. The lowest BCUT2D eigenvalue weighted by atomic mass is 9.88. The molecule has 2 N–H and O–H groups in total. The molecule has 0 radical (unpaired) electrons. The van der Waals surface area contributed by atoms with E-state index in [4.69, 9.17) is 4.74 Å². The van der Waals surface area contributed by atoms with Crippen LogP contribution in [0.4, 0.5) is 24.5 Å². The number of halogens is 3. The van der Waals surface area contributed by atoms with Crippen molar-refractivity contribution >= 4 is 29.3 Å². The molecule has 3 aromatic carbocycles. The van der Waals surface area contributed by atoms with Gasteiger partial charge in [0.05, 0.1) is 17.6 Å². The van der Waals surface area contributed by atoms with Crippen molar-refractivity contribution in [3.63, 3.8) is 0 Å². The van der Waals surface area contributed by atoms with Gasteiger partial charge in [-0.05, 0) is 72.4 Å². The van der Waals surface area contributed by atoms with Crippen LogP contribution in [0.3, 0.4) is 0 Å². The molecule has 4 rings (SSSR count). The number of alkyl halides is 3. The third kappa shape index (κ3) is 7.21. The molecule has 0 aliphatic carbocycles. The maximum Gasteiger partial charge on any atom is 0.416 e. The lowest BCUT2D eigenvalue weighted by Crippen LogP contribution is -2.40. The van der Waals surface area contributed by atoms with Gasteiger partial charge >= 0.3 is 6.18 Å². The summed E-state index contributed by atoms with van der Waals surface area (Å²) in [6.45, 7) is 1.25. The Morgan fingerprint density at radius 2 is 1.71 bits per heavy atom. The summed E-state index contributed by atoms with van der Waals surface area (Å²) in [5, 5.41) is 11.9. The van der Waals surface area contributed by atoms with Crippen LogP contribution in [-0.4, -0.2) is 36.9 Å². The molecule has 41 heavy (non-hydrogen) atoms. The van der Waals surface area contributed by atoms with E-state index in [9.17, 15) is 32.9 Å². The van der Waals surface area contributed by atoms with Crippen LogP contribution in [0.5, 0.6) is 5.75 Å². The molecule has 0 unspecified atom stereocenters. The first-order valence-corrected chi connectivity index (χ1v) is 12.7. The fourth-order valence-electron chi connectivity index (χ4n) is 4.71. The summed E-state index contributed by atoms with van der Waals surface area (Å²) in [6, 6.07) is 16.0. The standard InChI is InChI=1S/C29H27F3N4O5/c1-41-26-5-3-2-4-23(26)20-14-16-35(17-15-20)24-12-6-19(18-25(24)36(39)40)7-13-27(37)33-34-28(38)21-8-10-22(11-9-21)29(30,31)32/h2-13,18,20H,14-17H2,1H3,(H,33,37)(H,34,38). The number of piperidine rings is 1. The largest absolute Gasteiger partial charge is 0.496 e. The van der Waals surface area contributed by atoms with Gasteiger partial charge in [0.2, 0.25) is 0 Å². The SMILES string of the molecule is COc1ccccc1C1CCN(c2ccc(C=CC(=O)NNC(=O)c3ccc(C(F)(F)F)cc3)cc2[N+](=O)[O-])CC1. The Morgan fingerprint density at radius 1 is 1.02 bits per heavy atom. The number of hydrogen-bond acceptors (Lipinski definition) is 6. The van der Waals surface area contributed by atoms with Crippen LogP contribution >= 0.6 is 0 Å². The van der Waals surface area contributed by atoms with Crippen LogP contribution in [0.15, 0.2) is 72.8 Å². The molecule has 2 amide bonds. The van der Waals surface area contributed by atoms with Crippen LogP contribution < -0.4 is 20.5 Å². The van der Waals surface area contributed by atoms with Crippen molar-refractivity contribution in [3.05, 3.63) is 105 Å². The summed E-state index contributed by atoms with van der Waals surface area (Å²) >= 11 is 0. The first-order valence-electron chi connectivity index (χ1n) is 12.7. The van der Waals surface area contributed by atoms with Gasteiger partial charge in [0, 0.05) is 30.8 Å². The normalized spacial score (nSPS) is 14.1. The Morgan fingerprint density at radius 3 is 2.34 bits per heavy atom. The average molecular weight is 569 g/mol. The number of hydrogen-bond donors (Lipinski definition) is 2. The van der Waals surface area contributed by atoms with Gasteiger partial charge in [-0.25, -0.2) is 0 Å². The molecule has 0 aromatic heterocycles. The van der Waals surface area contributed by atoms with Gasteiger partial charge in [-0.3, -0.25) is 30.6 Å². The van der Waals surface area contributed by atoms with Crippen LogP contribution in [0.25, 0.3) is 6.08 Å².